The van der Waals surface area contributed by atoms with E-state index in [4.69, 9.17) is 20.4 Å². The summed E-state index contributed by atoms with van der Waals surface area (Å²) in [6.45, 7) is 1.24. The molecule has 8 nitrogen and oxygen atoms in total. The largest absolute Gasteiger partial charge is 0.481 e. The van der Waals surface area contributed by atoms with Crippen LogP contribution in [0.3, 0.4) is 0 Å². The van der Waals surface area contributed by atoms with Crippen LogP contribution in [0.15, 0.2) is 0 Å². The number of aliphatic carboxylic acids is 4. The average molecular weight is 260 g/mol. The highest BCUT2D eigenvalue weighted by Crippen LogP contribution is 2.51. The predicted octanol–water partition coefficient (Wildman–Crippen LogP) is -0.417. The summed E-state index contributed by atoms with van der Waals surface area (Å²) < 4.78 is 0. The lowest BCUT2D eigenvalue weighted by atomic mass is 9.75. The third-order valence-corrected chi connectivity index (χ3v) is 3.58. The quantitative estimate of drug-likeness (QED) is 0.498. The van der Waals surface area contributed by atoms with Crippen molar-refractivity contribution >= 4 is 23.9 Å². The van der Waals surface area contributed by atoms with Crippen LogP contribution in [-0.2, 0) is 19.2 Å². The van der Waals surface area contributed by atoms with Gasteiger partial charge in [0.15, 0.2) is 5.41 Å². The molecule has 0 aromatic heterocycles. The van der Waals surface area contributed by atoms with Crippen molar-refractivity contribution in [3.63, 3.8) is 0 Å². The van der Waals surface area contributed by atoms with Crippen molar-refractivity contribution in [1.29, 1.82) is 0 Å². The molecule has 0 saturated heterocycles. The van der Waals surface area contributed by atoms with E-state index in [-0.39, 0.29) is 0 Å². The van der Waals surface area contributed by atoms with Crippen LogP contribution in [0.2, 0.25) is 0 Å². The molecule has 1 rings (SSSR count). The zero-order chi connectivity index (χ0) is 14.2. The summed E-state index contributed by atoms with van der Waals surface area (Å²) in [5, 5.41) is 36.0. The van der Waals surface area contributed by atoms with E-state index < -0.39 is 53.5 Å². The molecule has 0 aromatic carbocycles. The maximum atomic E-state index is 11.2. The molecule has 0 bridgehead atoms. The van der Waals surface area contributed by atoms with E-state index in [9.17, 15) is 19.2 Å². The van der Waals surface area contributed by atoms with E-state index in [1.54, 1.807) is 0 Å². The third-order valence-electron chi connectivity index (χ3n) is 3.58. The van der Waals surface area contributed by atoms with E-state index in [0.29, 0.717) is 0 Å². The minimum atomic E-state index is -2.59. The van der Waals surface area contributed by atoms with Gasteiger partial charge in [0.2, 0.25) is 0 Å². The third kappa shape index (κ3) is 1.69. The highest BCUT2D eigenvalue weighted by atomic mass is 16.4. The van der Waals surface area contributed by atoms with Gasteiger partial charge in [-0.1, -0.05) is 6.92 Å². The molecule has 3 unspecified atom stereocenters. The summed E-state index contributed by atoms with van der Waals surface area (Å²) in [4.78, 5) is 44.3. The first kappa shape index (κ1) is 13.9. The first-order chi connectivity index (χ1) is 8.16. The van der Waals surface area contributed by atoms with Crippen LogP contribution >= 0.6 is 0 Å². The lowest BCUT2D eigenvalue weighted by Crippen LogP contribution is -2.46. The number of hydrogen-bond donors (Lipinski definition) is 4. The molecule has 100 valence electrons. The SMILES string of the molecule is CC1C(C(=O)O)CC(C(=O)O)(C(=O)O)C1C(=O)O. The van der Waals surface area contributed by atoms with Crippen molar-refractivity contribution < 1.29 is 39.6 Å². The minimum Gasteiger partial charge on any atom is -0.481 e. The van der Waals surface area contributed by atoms with Crippen molar-refractivity contribution in [2.75, 3.05) is 0 Å². The molecule has 1 aliphatic carbocycles. The zero-order valence-corrected chi connectivity index (χ0v) is 9.36. The first-order valence-electron chi connectivity index (χ1n) is 5.08. The molecular weight excluding hydrogens is 248 g/mol. The van der Waals surface area contributed by atoms with Crippen LogP contribution in [0.25, 0.3) is 0 Å². The van der Waals surface area contributed by atoms with E-state index in [2.05, 4.69) is 0 Å². The van der Waals surface area contributed by atoms with Gasteiger partial charge in [0.1, 0.15) is 0 Å². The maximum absolute atomic E-state index is 11.2. The van der Waals surface area contributed by atoms with E-state index in [1.807, 2.05) is 0 Å². The summed E-state index contributed by atoms with van der Waals surface area (Å²) in [5.74, 6) is -10.8. The van der Waals surface area contributed by atoms with E-state index in [1.165, 1.54) is 6.92 Å². The highest BCUT2D eigenvalue weighted by Gasteiger charge is 2.66. The predicted molar refractivity (Wildman–Crippen MR) is 53.7 cm³/mol. The monoisotopic (exact) mass is 260 g/mol. The topological polar surface area (TPSA) is 149 Å². The van der Waals surface area contributed by atoms with Gasteiger partial charge in [-0.15, -0.1) is 0 Å². The van der Waals surface area contributed by atoms with Crippen LogP contribution in [0, 0.1) is 23.2 Å². The van der Waals surface area contributed by atoms with Crippen LogP contribution in [0.5, 0.6) is 0 Å². The molecule has 0 aliphatic heterocycles. The van der Waals surface area contributed by atoms with Crippen LogP contribution in [0.1, 0.15) is 13.3 Å². The van der Waals surface area contributed by atoms with Gasteiger partial charge in [-0.2, -0.15) is 0 Å². The summed E-state index contributed by atoms with van der Waals surface area (Å²) in [5.41, 5.74) is -2.59. The smallest absolute Gasteiger partial charge is 0.321 e. The molecule has 1 saturated carbocycles. The molecular formula is C10H12O8. The van der Waals surface area contributed by atoms with Gasteiger partial charge in [-0.25, -0.2) is 0 Å². The normalized spacial score (nSPS) is 29.7. The fourth-order valence-electron chi connectivity index (χ4n) is 2.62. The van der Waals surface area contributed by atoms with Crippen molar-refractivity contribution in [1.82, 2.24) is 0 Å². The van der Waals surface area contributed by atoms with E-state index in [0.717, 1.165) is 0 Å². The van der Waals surface area contributed by atoms with Crippen molar-refractivity contribution in [3.8, 4) is 0 Å². The molecule has 0 spiro atoms. The van der Waals surface area contributed by atoms with Gasteiger partial charge in [0, 0.05) is 0 Å². The second-order valence-electron chi connectivity index (χ2n) is 4.41. The summed E-state index contributed by atoms with van der Waals surface area (Å²) in [7, 11) is 0. The Labute approximate surface area is 101 Å². The van der Waals surface area contributed by atoms with Crippen LogP contribution < -0.4 is 0 Å². The molecule has 0 amide bonds. The van der Waals surface area contributed by atoms with Crippen molar-refractivity contribution in [2.45, 2.75) is 13.3 Å². The number of carboxylic acid groups (broad SMARTS) is 4. The Morgan fingerprint density at radius 3 is 1.61 bits per heavy atom. The molecule has 8 heteroatoms. The van der Waals surface area contributed by atoms with Crippen molar-refractivity contribution in [2.24, 2.45) is 23.2 Å². The van der Waals surface area contributed by atoms with Crippen molar-refractivity contribution in [3.05, 3.63) is 0 Å². The van der Waals surface area contributed by atoms with Gasteiger partial charge in [-0.05, 0) is 12.3 Å². The number of carboxylic acids is 4. The Morgan fingerprint density at radius 1 is 0.944 bits per heavy atom. The summed E-state index contributed by atoms with van der Waals surface area (Å²) in [6.07, 6.45) is -0.731. The molecule has 0 heterocycles. The fourth-order valence-corrected chi connectivity index (χ4v) is 2.62. The number of carbonyl (C=O) groups is 4. The average Bonchev–Trinajstić information content (AvgIpc) is 2.52. The number of rotatable bonds is 4. The standard InChI is InChI=1S/C10H12O8/c1-3-4(6(11)12)2-10(8(15)16,9(17)18)5(3)7(13)14/h3-5H,2H2,1H3,(H,11,12)(H,13,14)(H,15,16)(H,17,18). The molecule has 1 aliphatic rings. The van der Waals surface area contributed by atoms with Crippen LogP contribution in [-0.4, -0.2) is 44.3 Å². The Balaban J connectivity index is 3.40. The molecule has 0 aromatic rings. The Bertz CT molecular complexity index is 412. The molecule has 1 fully saturated rings. The van der Waals surface area contributed by atoms with Gasteiger partial charge in [0.05, 0.1) is 11.8 Å². The first-order valence-corrected chi connectivity index (χ1v) is 5.08. The maximum Gasteiger partial charge on any atom is 0.321 e. The lowest BCUT2D eigenvalue weighted by Gasteiger charge is -2.25. The lowest BCUT2D eigenvalue weighted by molar-refractivity contribution is -0.174. The van der Waals surface area contributed by atoms with Gasteiger partial charge >= 0.3 is 23.9 Å². The second kappa shape index (κ2) is 4.28. The summed E-state index contributed by atoms with van der Waals surface area (Å²) in [6, 6.07) is 0. The van der Waals surface area contributed by atoms with E-state index >= 15 is 0 Å². The Hall–Kier alpha value is -2.12. The zero-order valence-electron chi connectivity index (χ0n) is 9.36. The fraction of sp³-hybridized carbons (Fsp3) is 0.600. The van der Waals surface area contributed by atoms with Crippen LogP contribution in [0.4, 0.5) is 0 Å². The highest BCUT2D eigenvalue weighted by molar-refractivity contribution is 6.03. The Kier molecular flexibility index (Phi) is 3.32. The Morgan fingerprint density at radius 2 is 1.39 bits per heavy atom. The summed E-state index contributed by atoms with van der Waals surface area (Å²) >= 11 is 0. The molecule has 3 atom stereocenters. The van der Waals surface area contributed by atoms with Gasteiger partial charge in [0.25, 0.3) is 0 Å². The second-order valence-corrected chi connectivity index (χ2v) is 4.41. The van der Waals surface area contributed by atoms with Gasteiger partial charge in [-0.3, -0.25) is 19.2 Å². The van der Waals surface area contributed by atoms with Gasteiger partial charge < -0.3 is 20.4 Å². The molecule has 18 heavy (non-hydrogen) atoms. The molecule has 0 radical (unpaired) electrons. The molecule has 4 N–H and O–H groups in total. The minimum absolute atomic E-state index is 0.731. The number of hydrogen-bond acceptors (Lipinski definition) is 4.